The molecule has 2 heterocycles. The van der Waals surface area contributed by atoms with Crippen LogP contribution in [0.4, 0.5) is 0 Å². The first kappa shape index (κ1) is 8.72. The molecule has 0 bridgehead atoms. The zero-order valence-corrected chi connectivity index (χ0v) is 7.94. The van der Waals surface area contributed by atoms with Gasteiger partial charge in [-0.1, -0.05) is 0 Å². The SMILES string of the molecule is Cn1ccc(CN2CCOCC2)n1. The molecule has 0 amide bonds. The maximum absolute atomic E-state index is 5.28. The van der Waals surface area contributed by atoms with Crippen molar-refractivity contribution in [3.8, 4) is 0 Å². The second-order valence-electron chi connectivity index (χ2n) is 3.37. The molecule has 1 saturated heterocycles. The largest absolute Gasteiger partial charge is 0.379 e. The van der Waals surface area contributed by atoms with Crippen molar-refractivity contribution in [3.05, 3.63) is 18.0 Å². The van der Waals surface area contributed by atoms with Gasteiger partial charge in [0.15, 0.2) is 0 Å². The van der Waals surface area contributed by atoms with Crippen molar-refractivity contribution in [3.63, 3.8) is 0 Å². The van der Waals surface area contributed by atoms with Crippen molar-refractivity contribution >= 4 is 0 Å². The molecule has 1 aliphatic rings. The summed E-state index contributed by atoms with van der Waals surface area (Å²) < 4.78 is 7.12. The van der Waals surface area contributed by atoms with Gasteiger partial charge in [0.25, 0.3) is 0 Å². The molecule has 0 saturated carbocycles. The van der Waals surface area contributed by atoms with Crippen LogP contribution in [0, 0.1) is 0 Å². The third-order valence-electron chi connectivity index (χ3n) is 2.26. The number of hydrogen-bond acceptors (Lipinski definition) is 3. The van der Waals surface area contributed by atoms with E-state index in [1.807, 2.05) is 17.9 Å². The Kier molecular flexibility index (Phi) is 2.61. The molecule has 0 N–H and O–H groups in total. The van der Waals surface area contributed by atoms with Crippen molar-refractivity contribution < 1.29 is 4.74 Å². The van der Waals surface area contributed by atoms with E-state index < -0.39 is 0 Å². The van der Waals surface area contributed by atoms with E-state index in [1.54, 1.807) is 0 Å². The molecule has 1 aromatic rings. The Morgan fingerprint density at radius 1 is 1.46 bits per heavy atom. The van der Waals surface area contributed by atoms with Crippen LogP contribution in [0.1, 0.15) is 5.69 Å². The summed E-state index contributed by atoms with van der Waals surface area (Å²) in [5, 5.41) is 4.34. The van der Waals surface area contributed by atoms with Crippen LogP contribution in [-0.4, -0.2) is 41.0 Å². The van der Waals surface area contributed by atoms with Gasteiger partial charge in [0.1, 0.15) is 0 Å². The molecule has 4 heteroatoms. The molecule has 0 radical (unpaired) electrons. The molecule has 13 heavy (non-hydrogen) atoms. The minimum Gasteiger partial charge on any atom is -0.379 e. The summed E-state index contributed by atoms with van der Waals surface area (Å²) in [6.45, 7) is 4.71. The van der Waals surface area contributed by atoms with Crippen molar-refractivity contribution in [2.75, 3.05) is 26.3 Å². The number of nitrogens with zero attached hydrogens (tertiary/aromatic N) is 3. The Bertz CT molecular complexity index is 266. The zero-order chi connectivity index (χ0) is 9.10. The summed E-state index contributed by atoms with van der Waals surface area (Å²) >= 11 is 0. The highest BCUT2D eigenvalue weighted by Gasteiger charge is 2.11. The molecule has 0 spiro atoms. The predicted octanol–water partition coefficient (Wildman–Crippen LogP) is 0.252. The lowest BCUT2D eigenvalue weighted by molar-refractivity contribution is 0.0336. The molecular formula is C9H15N3O. The number of rotatable bonds is 2. The maximum Gasteiger partial charge on any atom is 0.0764 e. The lowest BCUT2D eigenvalue weighted by Crippen LogP contribution is -2.35. The van der Waals surface area contributed by atoms with Gasteiger partial charge in [-0.2, -0.15) is 5.10 Å². The van der Waals surface area contributed by atoms with Crippen molar-refractivity contribution in [1.29, 1.82) is 0 Å². The third-order valence-corrected chi connectivity index (χ3v) is 2.26. The molecule has 72 valence electrons. The second kappa shape index (κ2) is 3.89. The summed E-state index contributed by atoms with van der Waals surface area (Å²) in [6.07, 6.45) is 1.98. The smallest absolute Gasteiger partial charge is 0.0764 e. The van der Waals surface area contributed by atoms with Crippen LogP contribution in [0.3, 0.4) is 0 Å². The molecule has 1 fully saturated rings. The lowest BCUT2D eigenvalue weighted by atomic mass is 10.3. The van der Waals surface area contributed by atoms with Gasteiger partial charge in [0, 0.05) is 32.9 Å². The van der Waals surface area contributed by atoms with E-state index in [9.17, 15) is 0 Å². The van der Waals surface area contributed by atoms with Gasteiger partial charge in [-0.25, -0.2) is 0 Å². The van der Waals surface area contributed by atoms with E-state index in [1.165, 1.54) is 0 Å². The maximum atomic E-state index is 5.28. The Morgan fingerprint density at radius 2 is 2.23 bits per heavy atom. The highest BCUT2D eigenvalue weighted by Crippen LogP contribution is 2.03. The Balaban J connectivity index is 1.89. The topological polar surface area (TPSA) is 30.3 Å². The molecular weight excluding hydrogens is 166 g/mol. The van der Waals surface area contributed by atoms with Crippen LogP contribution in [0.15, 0.2) is 12.3 Å². The molecule has 0 aromatic carbocycles. The first-order valence-corrected chi connectivity index (χ1v) is 4.63. The quantitative estimate of drug-likeness (QED) is 0.655. The molecule has 0 unspecified atom stereocenters. The van der Waals surface area contributed by atoms with Crippen molar-refractivity contribution in [1.82, 2.24) is 14.7 Å². The van der Waals surface area contributed by atoms with E-state index >= 15 is 0 Å². The third kappa shape index (κ3) is 2.29. The standard InChI is InChI=1S/C9H15N3O/c1-11-3-2-9(10-11)8-12-4-6-13-7-5-12/h2-3H,4-8H2,1H3. The number of ether oxygens (including phenoxy) is 1. The van der Waals surface area contributed by atoms with Gasteiger partial charge in [-0.05, 0) is 6.07 Å². The molecule has 2 rings (SSSR count). The summed E-state index contributed by atoms with van der Waals surface area (Å²) in [7, 11) is 1.95. The first-order chi connectivity index (χ1) is 6.34. The van der Waals surface area contributed by atoms with Crippen LogP contribution < -0.4 is 0 Å². The monoisotopic (exact) mass is 181 g/mol. The number of aromatic nitrogens is 2. The normalized spacial score (nSPS) is 19.2. The van der Waals surface area contributed by atoms with Gasteiger partial charge in [0.05, 0.1) is 18.9 Å². The highest BCUT2D eigenvalue weighted by atomic mass is 16.5. The zero-order valence-electron chi connectivity index (χ0n) is 7.94. The fraction of sp³-hybridized carbons (Fsp3) is 0.667. The number of aryl methyl sites for hydroxylation is 1. The lowest BCUT2D eigenvalue weighted by Gasteiger charge is -2.25. The average Bonchev–Trinajstić information content (AvgIpc) is 2.53. The van der Waals surface area contributed by atoms with E-state index in [-0.39, 0.29) is 0 Å². The van der Waals surface area contributed by atoms with E-state index in [4.69, 9.17) is 4.74 Å². The van der Waals surface area contributed by atoms with Gasteiger partial charge in [-0.15, -0.1) is 0 Å². The first-order valence-electron chi connectivity index (χ1n) is 4.63. The van der Waals surface area contributed by atoms with Crippen LogP contribution in [0.25, 0.3) is 0 Å². The highest BCUT2D eigenvalue weighted by molar-refractivity contribution is 4.98. The van der Waals surface area contributed by atoms with Crippen LogP contribution in [0.5, 0.6) is 0 Å². The van der Waals surface area contributed by atoms with Gasteiger partial charge < -0.3 is 4.74 Å². The summed E-state index contributed by atoms with van der Waals surface area (Å²) in [6, 6.07) is 2.06. The van der Waals surface area contributed by atoms with Crippen LogP contribution in [0.2, 0.25) is 0 Å². The fourth-order valence-corrected chi connectivity index (χ4v) is 1.54. The number of hydrogen-bond donors (Lipinski definition) is 0. The summed E-state index contributed by atoms with van der Waals surface area (Å²) in [5.41, 5.74) is 1.14. The second-order valence-corrected chi connectivity index (χ2v) is 3.37. The van der Waals surface area contributed by atoms with Gasteiger partial charge in [0.2, 0.25) is 0 Å². The van der Waals surface area contributed by atoms with Crippen LogP contribution in [-0.2, 0) is 18.3 Å². The number of morpholine rings is 1. The minimum absolute atomic E-state index is 0.854. The van der Waals surface area contributed by atoms with Gasteiger partial charge in [-0.3, -0.25) is 9.58 Å². The predicted molar refractivity (Wildman–Crippen MR) is 49.3 cm³/mol. The van der Waals surface area contributed by atoms with Crippen LogP contribution >= 0.6 is 0 Å². The Labute approximate surface area is 78.1 Å². The van der Waals surface area contributed by atoms with E-state index in [0.29, 0.717) is 0 Å². The van der Waals surface area contributed by atoms with E-state index in [0.717, 1.165) is 38.5 Å². The Hall–Kier alpha value is -0.870. The fourth-order valence-electron chi connectivity index (χ4n) is 1.54. The average molecular weight is 181 g/mol. The molecule has 0 aliphatic carbocycles. The van der Waals surface area contributed by atoms with Crippen molar-refractivity contribution in [2.24, 2.45) is 7.05 Å². The minimum atomic E-state index is 0.854. The molecule has 1 aliphatic heterocycles. The molecule has 1 aromatic heterocycles. The van der Waals surface area contributed by atoms with Crippen molar-refractivity contribution in [2.45, 2.75) is 6.54 Å². The summed E-state index contributed by atoms with van der Waals surface area (Å²) in [5.74, 6) is 0. The van der Waals surface area contributed by atoms with Gasteiger partial charge >= 0.3 is 0 Å². The Morgan fingerprint density at radius 3 is 2.85 bits per heavy atom. The molecule has 0 atom stereocenters. The van der Waals surface area contributed by atoms with E-state index in [2.05, 4.69) is 16.1 Å². The summed E-state index contributed by atoms with van der Waals surface area (Å²) in [4.78, 5) is 2.37. The molecule has 4 nitrogen and oxygen atoms in total.